The highest BCUT2D eigenvalue weighted by molar-refractivity contribution is 5.98. The fraction of sp³-hybridized carbons (Fsp3) is 0.167. The van der Waals surface area contributed by atoms with Crippen molar-refractivity contribution in [2.24, 2.45) is 0 Å². The molecule has 0 aliphatic carbocycles. The number of aliphatic hydroxyl groups is 4. The molecule has 1 aromatic rings. The van der Waals surface area contributed by atoms with Crippen LogP contribution in [0.15, 0.2) is 12.1 Å². The Morgan fingerprint density at radius 1 is 0.800 bits per heavy atom. The molecule has 0 saturated carbocycles. The van der Waals surface area contributed by atoms with E-state index in [9.17, 15) is 30.0 Å². The van der Waals surface area contributed by atoms with Crippen LogP contribution in [0.1, 0.15) is 20.7 Å². The highest BCUT2D eigenvalue weighted by atomic mass is 16.5. The van der Waals surface area contributed by atoms with Crippen molar-refractivity contribution in [2.45, 2.75) is 0 Å². The van der Waals surface area contributed by atoms with Crippen molar-refractivity contribution in [3.63, 3.8) is 0 Å². The van der Waals surface area contributed by atoms with E-state index in [0.29, 0.717) is 0 Å². The van der Waals surface area contributed by atoms with Gasteiger partial charge in [0.05, 0.1) is 21.6 Å². The van der Waals surface area contributed by atoms with Gasteiger partial charge in [-0.15, -0.1) is 0 Å². The first-order valence-corrected chi connectivity index (χ1v) is 5.46. The predicted octanol–water partition coefficient (Wildman–Crippen LogP) is -1.23. The topological polar surface area (TPSA) is 139 Å². The van der Waals surface area contributed by atoms with Crippen LogP contribution in [0.4, 0.5) is 0 Å². The van der Waals surface area contributed by atoms with Crippen LogP contribution >= 0.6 is 0 Å². The molecular formula is C12H14N2O6. The zero-order valence-electron chi connectivity index (χ0n) is 10.8. The lowest BCUT2D eigenvalue weighted by atomic mass is 10.0. The van der Waals surface area contributed by atoms with E-state index in [-0.39, 0.29) is 21.6 Å². The lowest BCUT2D eigenvalue weighted by Gasteiger charge is -2.06. The third-order valence-corrected chi connectivity index (χ3v) is 2.58. The van der Waals surface area contributed by atoms with Gasteiger partial charge in [0.2, 0.25) is 0 Å². The minimum Gasteiger partial charge on any atom is -0.481 e. The van der Waals surface area contributed by atoms with Crippen LogP contribution in [-0.2, 0) is 0 Å². The van der Waals surface area contributed by atoms with E-state index in [1.807, 2.05) is 0 Å². The number of carbonyl (C=O) groups is 2. The minimum absolute atomic E-state index is 0.226. The van der Waals surface area contributed by atoms with E-state index < -0.39 is 23.7 Å². The number of benzene rings is 1. The molecule has 0 heterocycles. The van der Waals surface area contributed by atoms with Crippen molar-refractivity contribution < 1.29 is 30.0 Å². The lowest BCUT2D eigenvalue weighted by Crippen LogP contribution is -2.34. The van der Waals surface area contributed by atoms with Crippen molar-refractivity contribution in [3.05, 3.63) is 33.7 Å². The summed E-state index contributed by atoms with van der Waals surface area (Å²) >= 11 is 0. The van der Waals surface area contributed by atoms with Gasteiger partial charge in [0.25, 0.3) is 23.7 Å². The highest BCUT2D eigenvalue weighted by Crippen LogP contribution is 1.97. The van der Waals surface area contributed by atoms with E-state index in [1.165, 1.54) is 14.1 Å². The molecule has 0 radical (unpaired) electrons. The monoisotopic (exact) mass is 282 g/mol. The Hall–Kier alpha value is -2.90. The second-order valence-corrected chi connectivity index (χ2v) is 3.75. The van der Waals surface area contributed by atoms with Gasteiger partial charge in [0.15, 0.2) is 0 Å². The van der Waals surface area contributed by atoms with Gasteiger partial charge in [-0.3, -0.25) is 9.59 Å². The average Bonchev–Trinajstić information content (AvgIpc) is 2.43. The summed E-state index contributed by atoms with van der Waals surface area (Å²) in [5.41, 5.74) is -0.452. The van der Waals surface area contributed by atoms with E-state index in [2.05, 4.69) is 10.6 Å². The first-order chi connectivity index (χ1) is 9.33. The molecule has 0 aromatic heterocycles. The van der Waals surface area contributed by atoms with Gasteiger partial charge in [-0.25, -0.2) is 0 Å². The Kier molecular flexibility index (Phi) is 4.42. The summed E-state index contributed by atoms with van der Waals surface area (Å²) in [5, 5.41) is 40.6. The quantitative estimate of drug-likeness (QED) is 0.401. The van der Waals surface area contributed by atoms with Crippen molar-refractivity contribution in [1.29, 1.82) is 0 Å². The molecule has 0 unspecified atom stereocenters. The summed E-state index contributed by atoms with van der Waals surface area (Å²) in [5.74, 6) is -3.71. The number of carbonyl (C=O) groups excluding carboxylic acids is 2. The van der Waals surface area contributed by atoms with Gasteiger partial charge in [-0.2, -0.15) is 0 Å². The van der Waals surface area contributed by atoms with Crippen LogP contribution in [-0.4, -0.2) is 46.3 Å². The molecular weight excluding hydrogens is 268 g/mol. The number of nitrogens with one attached hydrogen (secondary N) is 2. The van der Waals surface area contributed by atoms with E-state index in [1.54, 1.807) is 0 Å². The molecule has 0 fully saturated rings. The number of amides is 2. The second kappa shape index (κ2) is 5.83. The van der Waals surface area contributed by atoms with Gasteiger partial charge in [0.1, 0.15) is 0 Å². The van der Waals surface area contributed by atoms with Gasteiger partial charge in [-0.05, 0) is 12.1 Å². The van der Waals surface area contributed by atoms with Gasteiger partial charge in [-0.1, -0.05) is 0 Å². The molecule has 0 spiro atoms. The molecule has 0 atom stereocenters. The minimum atomic E-state index is -1.17. The molecule has 1 rings (SSSR count). The zero-order chi connectivity index (χ0) is 15.4. The van der Waals surface area contributed by atoms with Crippen molar-refractivity contribution >= 4 is 23.7 Å². The molecule has 1 aromatic carbocycles. The van der Waals surface area contributed by atoms with Crippen LogP contribution in [0.25, 0.3) is 11.9 Å². The fourth-order valence-electron chi connectivity index (χ4n) is 1.61. The van der Waals surface area contributed by atoms with Gasteiger partial charge >= 0.3 is 0 Å². The molecule has 20 heavy (non-hydrogen) atoms. The zero-order valence-corrected chi connectivity index (χ0v) is 10.8. The Labute approximate surface area is 113 Å². The molecule has 8 heteroatoms. The van der Waals surface area contributed by atoms with Crippen LogP contribution in [0.5, 0.6) is 0 Å². The molecule has 0 saturated heterocycles. The molecule has 0 bridgehead atoms. The number of rotatable bonds is 2. The highest BCUT2D eigenvalue weighted by Gasteiger charge is 2.16. The summed E-state index contributed by atoms with van der Waals surface area (Å²) < 4.78 is 0. The van der Waals surface area contributed by atoms with Crippen LogP contribution < -0.4 is 21.1 Å². The van der Waals surface area contributed by atoms with Crippen molar-refractivity contribution in [3.8, 4) is 0 Å². The molecule has 108 valence electrons. The van der Waals surface area contributed by atoms with E-state index in [0.717, 1.165) is 12.1 Å². The summed E-state index contributed by atoms with van der Waals surface area (Å²) in [6.45, 7) is 0. The van der Waals surface area contributed by atoms with Gasteiger partial charge < -0.3 is 31.1 Å². The standard InChI is InChI=1S/C12H14N2O6/c1-13-9(15)5-3-8(12(19)20)6(10(16)14-2)4-7(5)11(17)18/h3-4,17-20H,1-2H3,(H,13,15)(H,14,16). The molecule has 0 aliphatic rings. The lowest BCUT2D eigenvalue weighted by molar-refractivity contribution is 0.0948. The van der Waals surface area contributed by atoms with Crippen LogP contribution in [0.3, 0.4) is 0 Å². The van der Waals surface area contributed by atoms with Crippen molar-refractivity contribution in [1.82, 2.24) is 10.6 Å². The maximum Gasteiger partial charge on any atom is 0.282 e. The Morgan fingerprint density at radius 3 is 1.30 bits per heavy atom. The van der Waals surface area contributed by atoms with Crippen LogP contribution in [0, 0.1) is 0 Å². The number of aliphatic hydroxyl groups excluding tert-OH is 2. The third-order valence-electron chi connectivity index (χ3n) is 2.58. The maximum absolute atomic E-state index is 11.6. The predicted molar refractivity (Wildman–Crippen MR) is 69.8 cm³/mol. The first kappa shape index (κ1) is 15.2. The molecule has 0 aliphatic heterocycles. The third kappa shape index (κ3) is 2.74. The number of hydrogen-bond donors (Lipinski definition) is 6. The second-order valence-electron chi connectivity index (χ2n) is 3.75. The summed E-state index contributed by atoms with van der Waals surface area (Å²) in [7, 11) is 2.63. The van der Waals surface area contributed by atoms with Crippen molar-refractivity contribution in [2.75, 3.05) is 14.1 Å². The Morgan fingerprint density at radius 2 is 1.10 bits per heavy atom. The first-order valence-electron chi connectivity index (χ1n) is 5.46. The van der Waals surface area contributed by atoms with E-state index in [4.69, 9.17) is 0 Å². The van der Waals surface area contributed by atoms with Crippen LogP contribution in [0.2, 0.25) is 0 Å². The Bertz CT molecular complexity index is 612. The fourth-order valence-corrected chi connectivity index (χ4v) is 1.61. The number of hydrogen-bond acceptors (Lipinski definition) is 6. The normalized spacial score (nSPS) is 9.70. The summed E-state index contributed by atoms with van der Waals surface area (Å²) in [4.78, 5) is 23.3. The molecule has 6 N–H and O–H groups in total. The molecule has 8 nitrogen and oxygen atoms in total. The smallest absolute Gasteiger partial charge is 0.282 e. The average molecular weight is 282 g/mol. The van der Waals surface area contributed by atoms with Gasteiger partial charge in [0, 0.05) is 14.1 Å². The molecule has 2 amide bonds. The SMILES string of the molecule is CNC(=O)c1cc(=C(O)O)c(C(=O)NC)cc1=C(O)O. The maximum atomic E-state index is 11.6. The summed E-state index contributed by atoms with van der Waals surface area (Å²) in [6.07, 6.45) is 0. The van der Waals surface area contributed by atoms with E-state index >= 15 is 0 Å². The largest absolute Gasteiger partial charge is 0.481 e. The Balaban J connectivity index is 3.91. The summed E-state index contributed by atoms with van der Waals surface area (Å²) in [6, 6.07) is 1.95.